The van der Waals surface area contributed by atoms with Gasteiger partial charge in [0.25, 0.3) is 6.47 Å². The quantitative estimate of drug-likeness (QED) is 0.639. The molecule has 72 valence electrons. The van der Waals surface area contributed by atoms with E-state index in [0.29, 0.717) is 0 Å². The molecule has 0 atom stereocenters. The average Bonchev–Trinajstić information content (AvgIpc) is 2.06. The maximum absolute atomic E-state index is 11.7. The van der Waals surface area contributed by atoms with Crippen LogP contribution in [0.15, 0.2) is 24.4 Å². The van der Waals surface area contributed by atoms with Gasteiger partial charge in [-0.25, -0.2) is 0 Å². The number of pyridine rings is 1. The topological polar surface area (TPSA) is 50.2 Å². The van der Waals surface area contributed by atoms with Crippen molar-refractivity contribution < 1.29 is 23.1 Å². The Morgan fingerprint density at radius 1 is 1.38 bits per heavy atom. The molecule has 0 aromatic carbocycles. The molecule has 1 heterocycles. The minimum Gasteiger partial charge on any atom is -0.483 e. The lowest BCUT2D eigenvalue weighted by atomic mass is 10.3. The molecule has 0 spiro atoms. The van der Waals surface area contributed by atoms with Gasteiger partial charge in [-0.05, 0) is 12.1 Å². The molecule has 3 nitrogen and oxygen atoms in total. The van der Waals surface area contributed by atoms with Crippen LogP contribution in [0.5, 0.6) is 0 Å². The molecule has 13 heavy (non-hydrogen) atoms. The predicted octanol–water partition coefficient (Wildman–Crippen LogP) is 1.80. The Hall–Kier alpha value is -1.59. The van der Waals surface area contributed by atoms with Crippen molar-refractivity contribution in [2.45, 2.75) is 6.18 Å². The molecule has 0 bridgehead atoms. The van der Waals surface area contributed by atoms with E-state index in [9.17, 15) is 13.2 Å². The number of carboxylic acid groups (broad SMARTS) is 1. The van der Waals surface area contributed by atoms with Crippen LogP contribution in [0.4, 0.5) is 13.2 Å². The Kier molecular flexibility index (Phi) is 4.50. The van der Waals surface area contributed by atoms with Crippen LogP contribution in [0, 0.1) is 0 Å². The highest BCUT2D eigenvalue weighted by molar-refractivity contribution is 5.32. The number of rotatable bonds is 0. The fourth-order valence-electron chi connectivity index (χ4n) is 0.530. The smallest absolute Gasteiger partial charge is 0.433 e. The molecule has 0 aliphatic carbocycles. The van der Waals surface area contributed by atoms with Crippen LogP contribution in [0.2, 0.25) is 0 Å². The second kappa shape index (κ2) is 5.13. The molecule has 0 unspecified atom stereocenters. The van der Waals surface area contributed by atoms with Crippen molar-refractivity contribution in [2.75, 3.05) is 0 Å². The summed E-state index contributed by atoms with van der Waals surface area (Å²) in [4.78, 5) is 11.5. The maximum Gasteiger partial charge on any atom is 0.433 e. The molecule has 1 aromatic heterocycles. The van der Waals surface area contributed by atoms with Gasteiger partial charge in [0, 0.05) is 6.20 Å². The number of halogens is 3. The van der Waals surface area contributed by atoms with Crippen LogP contribution in [-0.2, 0) is 11.0 Å². The van der Waals surface area contributed by atoms with E-state index >= 15 is 0 Å². The summed E-state index contributed by atoms with van der Waals surface area (Å²) in [6.07, 6.45) is -3.20. The number of aromatic nitrogens is 1. The maximum atomic E-state index is 11.7. The molecular formula is C7H6F3NO2. The van der Waals surface area contributed by atoms with E-state index in [1.807, 2.05) is 0 Å². The first-order valence-electron chi connectivity index (χ1n) is 3.08. The van der Waals surface area contributed by atoms with Crippen molar-refractivity contribution in [3.05, 3.63) is 30.1 Å². The van der Waals surface area contributed by atoms with Crippen LogP contribution in [0.3, 0.4) is 0 Å². The van der Waals surface area contributed by atoms with Crippen LogP contribution in [0.25, 0.3) is 0 Å². The summed E-state index contributed by atoms with van der Waals surface area (Å²) in [6, 6.07) is 3.67. The molecule has 0 aliphatic rings. The zero-order valence-corrected chi connectivity index (χ0v) is 6.32. The van der Waals surface area contributed by atoms with Gasteiger partial charge in [-0.15, -0.1) is 0 Å². The van der Waals surface area contributed by atoms with Crippen molar-refractivity contribution in [2.24, 2.45) is 0 Å². The van der Waals surface area contributed by atoms with E-state index in [1.165, 1.54) is 12.1 Å². The highest BCUT2D eigenvalue weighted by atomic mass is 19.4. The lowest BCUT2D eigenvalue weighted by molar-refractivity contribution is -0.141. The molecular weight excluding hydrogens is 187 g/mol. The molecule has 6 heteroatoms. The summed E-state index contributed by atoms with van der Waals surface area (Å²) in [6.45, 7) is -0.250. The normalized spacial score (nSPS) is 9.77. The Labute approximate surface area is 71.8 Å². The Morgan fingerprint density at radius 3 is 2.15 bits per heavy atom. The number of alkyl halides is 3. The molecule has 0 saturated carbocycles. The van der Waals surface area contributed by atoms with Gasteiger partial charge in [0.2, 0.25) is 0 Å². The highest BCUT2D eigenvalue weighted by Gasteiger charge is 2.31. The first-order chi connectivity index (χ1) is 6.02. The standard InChI is InChI=1S/C6H4F3N.CH2O2/c7-6(8,9)5-3-1-2-4-10-5;2-1-3/h1-4H;1H,(H,2,3). The van der Waals surface area contributed by atoms with Crippen molar-refractivity contribution in [1.29, 1.82) is 0 Å². The SMILES string of the molecule is FC(F)(F)c1ccccn1.O=CO. The largest absolute Gasteiger partial charge is 0.483 e. The first kappa shape index (κ1) is 11.4. The summed E-state index contributed by atoms with van der Waals surface area (Å²) in [7, 11) is 0. The zero-order valence-electron chi connectivity index (χ0n) is 6.32. The van der Waals surface area contributed by atoms with E-state index < -0.39 is 11.9 Å². The van der Waals surface area contributed by atoms with Gasteiger partial charge in [-0.3, -0.25) is 9.78 Å². The van der Waals surface area contributed by atoms with E-state index in [-0.39, 0.29) is 6.47 Å². The molecule has 0 radical (unpaired) electrons. The Bertz CT molecular complexity index is 248. The van der Waals surface area contributed by atoms with Crippen LogP contribution < -0.4 is 0 Å². The third-order valence-corrected chi connectivity index (χ3v) is 0.955. The first-order valence-corrected chi connectivity index (χ1v) is 3.08. The summed E-state index contributed by atoms with van der Waals surface area (Å²) in [5, 5.41) is 6.89. The van der Waals surface area contributed by atoms with Gasteiger partial charge in [0.05, 0.1) is 0 Å². The third kappa shape index (κ3) is 4.78. The predicted molar refractivity (Wildman–Crippen MR) is 37.9 cm³/mol. The van der Waals surface area contributed by atoms with E-state index in [4.69, 9.17) is 9.90 Å². The fourth-order valence-corrected chi connectivity index (χ4v) is 0.530. The van der Waals surface area contributed by atoms with Gasteiger partial charge in [-0.1, -0.05) is 6.07 Å². The summed E-state index contributed by atoms with van der Waals surface area (Å²) in [5.41, 5.74) is -0.852. The third-order valence-electron chi connectivity index (χ3n) is 0.955. The lowest BCUT2D eigenvalue weighted by Gasteiger charge is -2.02. The average molecular weight is 193 g/mol. The lowest BCUT2D eigenvalue weighted by Crippen LogP contribution is -2.06. The second-order valence-corrected chi connectivity index (χ2v) is 1.82. The molecule has 0 aliphatic heterocycles. The molecule has 0 saturated heterocycles. The summed E-state index contributed by atoms with van der Waals surface area (Å²) >= 11 is 0. The highest BCUT2D eigenvalue weighted by Crippen LogP contribution is 2.26. The Morgan fingerprint density at radius 2 is 1.92 bits per heavy atom. The van der Waals surface area contributed by atoms with Gasteiger partial charge in [-0.2, -0.15) is 13.2 Å². The van der Waals surface area contributed by atoms with E-state index in [2.05, 4.69) is 4.98 Å². The van der Waals surface area contributed by atoms with Gasteiger partial charge >= 0.3 is 6.18 Å². The van der Waals surface area contributed by atoms with E-state index in [0.717, 1.165) is 12.3 Å². The van der Waals surface area contributed by atoms with Crippen molar-refractivity contribution in [1.82, 2.24) is 4.98 Å². The summed E-state index contributed by atoms with van der Waals surface area (Å²) in [5.74, 6) is 0. The number of nitrogens with zero attached hydrogens (tertiary/aromatic N) is 1. The fraction of sp³-hybridized carbons (Fsp3) is 0.143. The molecule has 1 N–H and O–H groups in total. The van der Waals surface area contributed by atoms with Crippen molar-refractivity contribution >= 4 is 6.47 Å². The van der Waals surface area contributed by atoms with Crippen LogP contribution in [0.1, 0.15) is 5.69 Å². The van der Waals surface area contributed by atoms with Crippen molar-refractivity contribution in [3.63, 3.8) is 0 Å². The second-order valence-electron chi connectivity index (χ2n) is 1.82. The van der Waals surface area contributed by atoms with Gasteiger partial charge in [0.1, 0.15) is 5.69 Å². The van der Waals surface area contributed by atoms with Crippen LogP contribution >= 0.6 is 0 Å². The zero-order chi connectivity index (χ0) is 10.3. The monoisotopic (exact) mass is 193 g/mol. The molecule has 0 fully saturated rings. The number of carbonyl (C=O) groups is 1. The molecule has 1 rings (SSSR count). The van der Waals surface area contributed by atoms with Gasteiger partial charge < -0.3 is 5.11 Å². The molecule has 0 amide bonds. The molecule has 1 aromatic rings. The van der Waals surface area contributed by atoms with E-state index in [1.54, 1.807) is 0 Å². The van der Waals surface area contributed by atoms with Gasteiger partial charge in [0.15, 0.2) is 0 Å². The minimum absolute atomic E-state index is 0.250. The number of hydrogen-bond acceptors (Lipinski definition) is 2. The van der Waals surface area contributed by atoms with Crippen LogP contribution in [-0.4, -0.2) is 16.6 Å². The van der Waals surface area contributed by atoms with Crippen molar-refractivity contribution in [3.8, 4) is 0 Å². The Balaban J connectivity index is 0.000000424. The number of hydrogen-bond donors (Lipinski definition) is 1. The summed E-state index contributed by atoms with van der Waals surface area (Å²) < 4.78 is 35.2. The minimum atomic E-state index is -4.32.